The monoisotopic (exact) mass is 723 g/mol. The number of likely N-dealkylation sites (tertiary alicyclic amines) is 1. The number of methoxy groups -OCH3 is 1. The third-order valence-electron chi connectivity index (χ3n) is 11.2. The Labute approximate surface area is 307 Å². The van der Waals surface area contributed by atoms with E-state index in [1.54, 1.807) is 32.6 Å². The maximum Gasteiger partial charge on any atom is 0.259 e. The second-order valence-electron chi connectivity index (χ2n) is 14.4. The Morgan fingerprint density at radius 1 is 1.00 bits per heavy atom. The minimum Gasteiger partial charge on any atom is -0.496 e. The molecule has 1 atom stereocenters. The molecule has 0 radical (unpaired) electrons. The van der Waals surface area contributed by atoms with E-state index in [4.69, 9.17) is 4.74 Å². The summed E-state index contributed by atoms with van der Waals surface area (Å²) in [6, 6.07) is 12.8. The predicted octanol–water partition coefficient (Wildman–Crippen LogP) is 4.30. The van der Waals surface area contributed by atoms with Crippen LogP contribution in [0.15, 0.2) is 65.8 Å². The minimum absolute atomic E-state index is 0.0277. The SMILES string of the molecule is COc1cc(-c2cn(C)c(=O)c3cnccc23)cc(F)c1CN1CCC(N(C)C(=O)C2CCN(c3ccc(NC4CCC(=O)NC4=O)cc3)CC2)CC1. The van der Waals surface area contributed by atoms with Crippen LogP contribution in [0.1, 0.15) is 44.1 Å². The van der Waals surface area contributed by atoms with E-state index in [2.05, 4.69) is 25.4 Å². The average Bonchev–Trinajstić information content (AvgIpc) is 3.18. The average molecular weight is 724 g/mol. The van der Waals surface area contributed by atoms with Crippen molar-refractivity contribution in [1.82, 2.24) is 24.7 Å². The Morgan fingerprint density at radius 3 is 2.43 bits per heavy atom. The van der Waals surface area contributed by atoms with E-state index in [9.17, 15) is 19.2 Å². The normalized spacial score (nSPS) is 18.9. The lowest BCUT2D eigenvalue weighted by molar-refractivity contribution is -0.138. The van der Waals surface area contributed by atoms with Gasteiger partial charge >= 0.3 is 0 Å². The number of nitrogens with one attached hydrogen (secondary N) is 2. The van der Waals surface area contributed by atoms with Crippen LogP contribution >= 0.6 is 0 Å². The van der Waals surface area contributed by atoms with Crippen molar-refractivity contribution in [2.45, 2.75) is 57.2 Å². The predicted molar refractivity (Wildman–Crippen MR) is 201 cm³/mol. The lowest BCUT2D eigenvalue weighted by Crippen LogP contribution is -2.48. The van der Waals surface area contributed by atoms with Gasteiger partial charge in [-0.2, -0.15) is 0 Å². The fourth-order valence-corrected chi connectivity index (χ4v) is 7.99. The van der Waals surface area contributed by atoms with Crippen LogP contribution in [0.25, 0.3) is 21.9 Å². The summed E-state index contributed by atoms with van der Waals surface area (Å²) in [6.07, 6.45) is 8.85. The quantitative estimate of drug-likeness (QED) is 0.243. The van der Waals surface area contributed by atoms with E-state index in [0.29, 0.717) is 47.0 Å². The number of nitrogens with zero attached hydrogens (tertiary/aromatic N) is 5. The number of hydrogen-bond acceptors (Lipinski definition) is 9. The molecule has 13 heteroatoms. The first-order valence-corrected chi connectivity index (χ1v) is 18.3. The summed E-state index contributed by atoms with van der Waals surface area (Å²) in [5.41, 5.74) is 3.57. The summed E-state index contributed by atoms with van der Waals surface area (Å²) >= 11 is 0. The van der Waals surface area contributed by atoms with Gasteiger partial charge in [0.1, 0.15) is 17.6 Å². The van der Waals surface area contributed by atoms with Crippen LogP contribution in [-0.4, -0.2) is 89.5 Å². The number of imide groups is 1. The number of hydrogen-bond donors (Lipinski definition) is 2. The fourth-order valence-electron chi connectivity index (χ4n) is 7.99. The molecule has 2 N–H and O–H groups in total. The Kier molecular flexibility index (Phi) is 10.5. The number of aryl methyl sites for hydroxylation is 1. The molecule has 5 heterocycles. The van der Waals surface area contributed by atoms with E-state index in [-0.39, 0.29) is 41.1 Å². The number of anilines is 2. The molecule has 0 saturated carbocycles. The molecule has 4 aromatic rings. The van der Waals surface area contributed by atoms with Gasteiger partial charge in [-0.15, -0.1) is 0 Å². The number of carbonyl (C=O) groups is 3. The van der Waals surface area contributed by atoms with Gasteiger partial charge in [0.15, 0.2) is 0 Å². The molecule has 3 aliphatic heterocycles. The summed E-state index contributed by atoms with van der Waals surface area (Å²) in [6.45, 7) is 3.43. The molecular weight excluding hydrogens is 677 g/mol. The highest BCUT2D eigenvalue weighted by molar-refractivity contribution is 6.01. The molecule has 0 spiro atoms. The van der Waals surface area contributed by atoms with Gasteiger partial charge in [0, 0.05) is 106 Å². The smallest absolute Gasteiger partial charge is 0.259 e. The van der Waals surface area contributed by atoms with Gasteiger partial charge in [-0.05, 0) is 85.5 Å². The maximum absolute atomic E-state index is 15.8. The first kappa shape index (κ1) is 36.1. The number of halogens is 1. The number of amides is 3. The summed E-state index contributed by atoms with van der Waals surface area (Å²) in [7, 11) is 5.14. The van der Waals surface area contributed by atoms with Crippen LogP contribution in [0.5, 0.6) is 5.75 Å². The summed E-state index contributed by atoms with van der Waals surface area (Å²) in [4.78, 5) is 60.4. The number of aromatic nitrogens is 2. The highest BCUT2D eigenvalue weighted by atomic mass is 19.1. The van der Waals surface area contributed by atoms with Gasteiger partial charge in [0.25, 0.3) is 5.56 Å². The molecule has 3 saturated heterocycles. The van der Waals surface area contributed by atoms with Crippen molar-refractivity contribution in [3.05, 3.63) is 82.8 Å². The molecule has 278 valence electrons. The van der Waals surface area contributed by atoms with Gasteiger partial charge in [0.05, 0.1) is 12.5 Å². The van der Waals surface area contributed by atoms with Crippen molar-refractivity contribution >= 4 is 39.9 Å². The molecule has 3 amide bonds. The van der Waals surface area contributed by atoms with E-state index in [1.807, 2.05) is 42.3 Å². The number of rotatable bonds is 9. The molecule has 12 nitrogen and oxygen atoms in total. The van der Waals surface area contributed by atoms with Crippen molar-refractivity contribution in [2.24, 2.45) is 13.0 Å². The molecule has 53 heavy (non-hydrogen) atoms. The number of fused-ring (bicyclic) bond motifs is 1. The number of ether oxygens (including phenoxy) is 1. The molecule has 0 bridgehead atoms. The largest absolute Gasteiger partial charge is 0.496 e. The second kappa shape index (κ2) is 15.4. The standard InChI is InChI=1S/C40H46FN7O5/c1-45-23-32(30-10-15-42-22-31(30)40(45)52)26-20-34(41)33(36(21-26)53-3)24-47-16-13-28(14-17-47)46(2)39(51)25-11-18-48(19-12-25)29-6-4-27(5-7-29)43-35-8-9-37(49)44-38(35)50/h4-7,10,15,20-23,25,28,35,43H,8-9,11-14,16-19,24H2,1-3H3,(H,44,49,50). The summed E-state index contributed by atoms with van der Waals surface area (Å²) in [5, 5.41) is 6.77. The molecule has 2 aromatic heterocycles. The van der Waals surface area contributed by atoms with Crippen LogP contribution in [0.2, 0.25) is 0 Å². The van der Waals surface area contributed by atoms with Crippen LogP contribution in [-0.2, 0) is 28.0 Å². The van der Waals surface area contributed by atoms with Crippen LogP contribution < -0.4 is 25.8 Å². The maximum atomic E-state index is 15.8. The Morgan fingerprint density at radius 2 is 1.74 bits per heavy atom. The lowest BCUT2D eigenvalue weighted by atomic mass is 9.93. The summed E-state index contributed by atoms with van der Waals surface area (Å²) < 4.78 is 23.0. The highest BCUT2D eigenvalue weighted by Gasteiger charge is 2.33. The van der Waals surface area contributed by atoms with Gasteiger partial charge in [0.2, 0.25) is 17.7 Å². The summed E-state index contributed by atoms with van der Waals surface area (Å²) in [5.74, 6) is -0.271. The van der Waals surface area contributed by atoms with Crippen molar-refractivity contribution < 1.29 is 23.5 Å². The van der Waals surface area contributed by atoms with Crippen LogP contribution in [0.4, 0.5) is 15.8 Å². The lowest BCUT2D eigenvalue weighted by Gasteiger charge is -2.40. The van der Waals surface area contributed by atoms with Gasteiger partial charge in [-0.1, -0.05) is 0 Å². The van der Waals surface area contributed by atoms with Crippen molar-refractivity contribution in [1.29, 1.82) is 0 Å². The van der Waals surface area contributed by atoms with E-state index < -0.39 is 6.04 Å². The van der Waals surface area contributed by atoms with Crippen LogP contribution in [0.3, 0.4) is 0 Å². The van der Waals surface area contributed by atoms with Crippen molar-refractivity contribution in [3.8, 4) is 16.9 Å². The number of carbonyl (C=O) groups excluding carboxylic acids is 3. The zero-order valence-corrected chi connectivity index (χ0v) is 30.4. The molecule has 0 aliphatic carbocycles. The topological polar surface area (TPSA) is 129 Å². The molecular formula is C40H46FN7O5. The molecule has 3 fully saturated rings. The van der Waals surface area contributed by atoms with Crippen molar-refractivity contribution in [2.75, 3.05) is 50.6 Å². The molecule has 7 rings (SSSR count). The van der Waals surface area contributed by atoms with Crippen LogP contribution in [0, 0.1) is 11.7 Å². The second-order valence-corrected chi connectivity index (χ2v) is 14.4. The van der Waals surface area contributed by atoms with Gasteiger partial charge in [-0.25, -0.2) is 4.39 Å². The Bertz CT molecular complexity index is 2070. The Hall–Kier alpha value is -5.30. The molecule has 2 aromatic carbocycles. The highest BCUT2D eigenvalue weighted by Crippen LogP contribution is 2.34. The third kappa shape index (κ3) is 7.61. The zero-order chi connectivity index (χ0) is 37.2. The third-order valence-corrected chi connectivity index (χ3v) is 11.2. The molecule has 1 unspecified atom stereocenters. The number of piperidine rings is 3. The van der Waals surface area contributed by atoms with E-state index in [1.165, 1.54) is 16.8 Å². The Balaban J connectivity index is 0.912. The number of pyridine rings is 2. The van der Waals surface area contributed by atoms with E-state index in [0.717, 1.165) is 68.8 Å². The minimum atomic E-state index is -0.422. The first-order valence-electron chi connectivity index (χ1n) is 18.3. The zero-order valence-electron chi connectivity index (χ0n) is 30.4. The van der Waals surface area contributed by atoms with Gasteiger partial charge < -0.3 is 24.4 Å². The van der Waals surface area contributed by atoms with Gasteiger partial charge in [-0.3, -0.25) is 34.4 Å². The van der Waals surface area contributed by atoms with Crippen molar-refractivity contribution in [3.63, 3.8) is 0 Å². The molecule has 3 aliphatic rings. The fraction of sp³-hybridized carbons (Fsp3) is 0.425. The van der Waals surface area contributed by atoms with E-state index >= 15 is 4.39 Å². The number of benzene rings is 2. The first-order chi connectivity index (χ1) is 25.6.